The Labute approximate surface area is 113 Å². The van der Waals surface area contributed by atoms with Gasteiger partial charge in [-0.05, 0) is 29.3 Å². The molecule has 4 heteroatoms. The lowest BCUT2D eigenvalue weighted by Crippen LogP contribution is -2.05. The van der Waals surface area contributed by atoms with Crippen LogP contribution in [0.3, 0.4) is 0 Å². The summed E-state index contributed by atoms with van der Waals surface area (Å²) in [6.07, 6.45) is 1.79. The second-order valence-electron chi connectivity index (χ2n) is 4.28. The summed E-state index contributed by atoms with van der Waals surface area (Å²) in [7, 11) is 0. The largest absolute Gasteiger partial charge is 0.309 e. The molecule has 1 aromatic heterocycles. The van der Waals surface area contributed by atoms with Gasteiger partial charge in [0.1, 0.15) is 5.69 Å². The van der Waals surface area contributed by atoms with Gasteiger partial charge >= 0.3 is 0 Å². The summed E-state index contributed by atoms with van der Waals surface area (Å²) in [5.74, 6) is -0.0361. The summed E-state index contributed by atoms with van der Waals surface area (Å²) in [5, 5.41) is 3.24. The van der Waals surface area contributed by atoms with Gasteiger partial charge in [0.15, 0.2) is 0 Å². The van der Waals surface area contributed by atoms with Crippen molar-refractivity contribution in [2.24, 2.45) is 0 Å². The van der Waals surface area contributed by atoms with Gasteiger partial charge in [0, 0.05) is 29.3 Å². The Bertz CT molecular complexity index is 625. The fourth-order valence-electron chi connectivity index (χ4n) is 2.08. The third kappa shape index (κ3) is 2.09. The zero-order chi connectivity index (χ0) is 12.5. The predicted octanol–water partition coefficient (Wildman–Crippen LogP) is 2.68. The molecule has 2 aromatic rings. The van der Waals surface area contributed by atoms with Gasteiger partial charge in [0.2, 0.25) is 5.78 Å². The Morgan fingerprint density at radius 1 is 1.22 bits per heavy atom. The van der Waals surface area contributed by atoms with Crippen LogP contribution in [0.15, 0.2) is 41.0 Å². The predicted molar refractivity (Wildman–Crippen MR) is 72.4 cm³/mol. The fraction of sp³-hybridized carbons (Fsp3) is 0.143. The first kappa shape index (κ1) is 11.6. The molecule has 0 radical (unpaired) electrons. The summed E-state index contributed by atoms with van der Waals surface area (Å²) in [5.41, 5.74) is 3.52. The summed E-state index contributed by atoms with van der Waals surface area (Å²) in [4.78, 5) is 16.5. The van der Waals surface area contributed by atoms with E-state index in [1.54, 1.807) is 12.3 Å². The fourth-order valence-corrected chi connectivity index (χ4v) is 2.48. The lowest BCUT2D eigenvalue weighted by atomic mass is 10.1. The average Bonchev–Trinajstić information content (AvgIpc) is 2.85. The average molecular weight is 303 g/mol. The molecule has 0 spiro atoms. The van der Waals surface area contributed by atoms with E-state index in [9.17, 15) is 4.79 Å². The molecule has 0 bridgehead atoms. The Kier molecular flexibility index (Phi) is 2.97. The number of ketones is 1. The zero-order valence-corrected chi connectivity index (χ0v) is 11.2. The standard InChI is InChI=1S/C14H11BrN2O/c15-12-3-1-2-9(4-12)14(18)13-5-10-6-16-7-11(10)8-17-13/h1-5,8,16H,6-7H2. The lowest BCUT2D eigenvalue weighted by molar-refractivity contribution is 0.103. The molecule has 1 aliphatic rings. The third-order valence-electron chi connectivity index (χ3n) is 3.03. The minimum atomic E-state index is -0.0361. The SMILES string of the molecule is O=C(c1cccc(Br)c1)c1cc2c(cn1)CNC2. The normalized spacial score (nSPS) is 13.4. The van der Waals surface area contributed by atoms with E-state index in [1.807, 2.05) is 24.3 Å². The molecule has 90 valence electrons. The number of hydrogen-bond acceptors (Lipinski definition) is 3. The lowest BCUT2D eigenvalue weighted by Gasteiger charge is -2.03. The van der Waals surface area contributed by atoms with Crippen molar-refractivity contribution in [1.82, 2.24) is 10.3 Å². The number of hydrogen-bond donors (Lipinski definition) is 1. The first-order chi connectivity index (χ1) is 8.74. The van der Waals surface area contributed by atoms with Crippen LogP contribution in [0.4, 0.5) is 0 Å². The molecule has 0 unspecified atom stereocenters. The van der Waals surface area contributed by atoms with Crippen LogP contribution in [-0.2, 0) is 13.1 Å². The quantitative estimate of drug-likeness (QED) is 0.867. The molecule has 1 aliphatic heterocycles. The van der Waals surface area contributed by atoms with E-state index >= 15 is 0 Å². The number of rotatable bonds is 2. The summed E-state index contributed by atoms with van der Waals surface area (Å²) < 4.78 is 0.899. The van der Waals surface area contributed by atoms with E-state index in [2.05, 4.69) is 26.2 Å². The maximum atomic E-state index is 12.3. The minimum Gasteiger partial charge on any atom is -0.309 e. The highest BCUT2D eigenvalue weighted by molar-refractivity contribution is 9.10. The maximum Gasteiger partial charge on any atom is 0.211 e. The molecular formula is C14H11BrN2O. The summed E-state index contributed by atoms with van der Waals surface area (Å²) in [6.45, 7) is 1.66. The number of nitrogens with one attached hydrogen (secondary N) is 1. The van der Waals surface area contributed by atoms with E-state index < -0.39 is 0 Å². The number of pyridine rings is 1. The van der Waals surface area contributed by atoms with E-state index in [1.165, 1.54) is 11.1 Å². The van der Waals surface area contributed by atoms with Crippen LogP contribution in [0.5, 0.6) is 0 Å². The summed E-state index contributed by atoms with van der Waals surface area (Å²) >= 11 is 3.37. The smallest absolute Gasteiger partial charge is 0.211 e. The summed E-state index contributed by atoms with van der Waals surface area (Å²) in [6, 6.07) is 9.26. The monoisotopic (exact) mass is 302 g/mol. The molecule has 1 aromatic carbocycles. The van der Waals surface area contributed by atoms with Gasteiger partial charge in [-0.1, -0.05) is 28.1 Å². The number of halogens is 1. The highest BCUT2D eigenvalue weighted by Gasteiger charge is 2.16. The first-order valence-corrected chi connectivity index (χ1v) is 6.52. The van der Waals surface area contributed by atoms with Gasteiger partial charge in [-0.25, -0.2) is 0 Å². The molecule has 0 aliphatic carbocycles. The van der Waals surface area contributed by atoms with Crippen LogP contribution in [0.2, 0.25) is 0 Å². The van der Waals surface area contributed by atoms with Crippen LogP contribution in [0.1, 0.15) is 27.2 Å². The Balaban J connectivity index is 1.98. The zero-order valence-electron chi connectivity index (χ0n) is 9.61. The van der Waals surface area contributed by atoms with Crippen molar-refractivity contribution in [3.05, 3.63) is 63.4 Å². The molecule has 3 rings (SSSR count). The van der Waals surface area contributed by atoms with E-state index in [0.717, 1.165) is 17.6 Å². The number of aromatic nitrogens is 1. The molecule has 0 saturated heterocycles. The van der Waals surface area contributed by atoms with Gasteiger partial charge < -0.3 is 5.32 Å². The molecule has 0 saturated carbocycles. The maximum absolute atomic E-state index is 12.3. The Morgan fingerprint density at radius 3 is 2.89 bits per heavy atom. The van der Waals surface area contributed by atoms with Crippen molar-refractivity contribution in [2.75, 3.05) is 0 Å². The van der Waals surface area contributed by atoms with Crippen molar-refractivity contribution in [3.63, 3.8) is 0 Å². The molecule has 0 fully saturated rings. The molecule has 3 nitrogen and oxygen atoms in total. The molecule has 18 heavy (non-hydrogen) atoms. The minimum absolute atomic E-state index is 0.0361. The number of carbonyl (C=O) groups excluding carboxylic acids is 1. The molecule has 0 amide bonds. The Hall–Kier alpha value is -1.52. The topological polar surface area (TPSA) is 42.0 Å². The van der Waals surface area contributed by atoms with E-state index in [-0.39, 0.29) is 5.78 Å². The number of fused-ring (bicyclic) bond motifs is 1. The van der Waals surface area contributed by atoms with Crippen molar-refractivity contribution in [3.8, 4) is 0 Å². The van der Waals surface area contributed by atoms with E-state index in [0.29, 0.717) is 11.3 Å². The van der Waals surface area contributed by atoms with Crippen LogP contribution in [0.25, 0.3) is 0 Å². The Morgan fingerprint density at radius 2 is 2.06 bits per heavy atom. The number of carbonyl (C=O) groups is 1. The number of benzene rings is 1. The third-order valence-corrected chi connectivity index (χ3v) is 3.53. The van der Waals surface area contributed by atoms with Crippen molar-refractivity contribution < 1.29 is 4.79 Å². The first-order valence-electron chi connectivity index (χ1n) is 5.73. The van der Waals surface area contributed by atoms with Crippen LogP contribution >= 0.6 is 15.9 Å². The van der Waals surface area contributed by atoms with E-state index in [4.69, 9.17) is 0 Å². The van der Waals surface area contributed by atoms with Gasteiger partial charge in [-0.2, -0.15) is 0 Å². The van der Waals surface area contributed by atoms with Crippen molar-refractivity contribution in [2.45, 2.75) is 13.1 Å². The molecule has 1 N–H and O–H groups in total. The second kappa shape index (κ2) is 4.63. The molecular weight excluding hydrogens is 292 g/mol. The van der Waals surface area contributed by atoms with Gasteiger partial charge in [0.25, 0.3) is 0 Å². The number of nitrogens with zero attached hydrogens (tertiary/aromatic N) is 1. The second-order valence-corrected chi connectivity index (χ2v) is 5.20. The molecule has 2 heterocycles. The van der Waals surface area contributed by atoms with Crippen LogP contribution in [-0.4, -0.2) is 10.8 Å². The highest BCUT2D eigenvalue weighted by Crippen LogP contribution is 2.18. The highest BCUT2D eigenvalue weighted by atomic mass is 79.9. The van der Waals surface area contributed by atoms with Crippen LogP contribution < -0.4 is 5.32 Å². The van der Waals surface area contributed by atoms with Crippen molar-refractivity contribution >= 4 is 21.7 Å². The van der Waals surface area contributed by atoms with Crippen LogP contribution in [0, 0.1) is 0 Å². The van der Waals surface area contributed by atoms with Gasteiger partial charge in [-0.15, -0.1) is 0 Å². The molecule has 0 atom stereocenters. The van der Waals surface area contributed by atoms with Gasteiger partial charge in [-0.3, -0.25) is 9.78 Å². The van der Waals surface area contributed by atoms with Crippen molar-refractivity contribution in [1.29, 1.82) is 0 Å². The van der Waals surface area contributed by atoms with Gasteiger partial charge in [0.05, 0.1) is 0 Å².